The van der Waals surface area contributed by atoms with E-state index in [0.29, 0.717) is 31.2 Å². The highest BCUT2D eigenvalue weighted by atomic mass is 32.2. The molecule has 1 aliphatic carbocycles. The van der Waals surface area contributed by atoms with E-state index < -0.39 is 10.0 Å². The molecule has 19 heavy (non-hydrogen) atoms. The Morgan fingerprint density at radius 2 is 2.21 bits per heavy atom. The Bertz CT molecular complexity index is 507. The third kappa shape index (κ3) is 4.27. The lowest BCUT2D eigenvalue weighted by molar-refractivity contribution is 0.412. The summed E-state index contributed by atoms with van der Waals surface area (Å²) in [6.45, 7) is 1.57. The first kappa shape index (κ1) is 14.4. The van der Waals surface area contributed by atoms with Gasteiger partial charge in [-0.05, 0) is 26.9 Å². The van der Waals surface area contributed by atoms with E-state index >= 15 is 0 Å². The molecule has 1 aromatic rings. The number of nitrogens with one attached hydrogen (secondary N) is 3. The quantitative estimate of drug-likeness (QED) is 0.600. The first-order valence-corrected chi connectivity index (χ1v) is 7.87. The van der Waals surface area contributed by atoms with Crippen LogP contribution in [0.1, 0.15) is 18.4 Å². The summed E-state index contributed by atoms with van der Waals surface area (Å²) < 4.78 is 26.8. The van der Waals surface area contributed by atoms with Gasteiger partial charge in [0.1, 0.15) is 0 Å². The molecule has 0 amide bonds. The van der Waals surface area contributed by atoms with Crippen molar-refractivity contribution in [1.82, 2.24) is 25.1 Å². The Balaban J connectivity index is 1.96. The van der Waals surface area contributed by atoms with Crippen molar-refractivity contribution in [2.24, 2.45) is 0 Å². The van der Waals surface area contributed by atoms with Gasteiger partial charge in [-0.15, -0.1) is 0 Å². The molecular formula is C11H21N5O2S. The zero-order chi connectivity index (χ0) is 13.9. The maximum Gasteiger partial charge on any atom is 0.257 e. The van der Waals surface area contributed by atoms with Crippen LogP contribution in [0.4, 0.5) is 0 Å². The molecule has 0 spiro atoms. The lowest BCUT2D eigenvalue weighted by Crippen LogP contribution is -2.32. The average Bonchev–Trinajstić information content (AvgIpc) is 3.02. The topological polar surface area (TPSA) is 90.1 Å². The zero-order valence-electron chi connectivity index (χ0n) is 11.3. The molecule has 0 bridgehead atoms. The monoisotopic (exact) mass is 287 g/mol. The average molecular weight is 287 g/mol. The molecule has 7 nitrogen and oxygen atoms in total. The number of nitrogens with zero attached hydrogens (tertiary/aromatic N) is 2. The van der Waals surface area contributed by atoms with Crippen LogP contribution in [0.5, 0.6) is 0 Å². The normalized spacial score (nSPS) is 16.2. The van der Waals surface area contributed by atoms with Crippen LogP contribution in [-0.2, 0) is 16.6 Å². The van der Waals surface area contributed by atoms with Crippen molar-refractivity contribution in [2.75, 3.05) is 27.2 Å². The third-order valence-corrected chi connectivity index (χ3v) is 4.43. The van der Waals surface area contributed by atoms with Crippen molar-refractivity contribution in [3.8, 4) is 0 Å². The second kappa shape index (κ2) is 6.00. The van der Waals surface area contributed by atoms with Gasteiger partial charge in [0.2, 0.25) is 0 Å². The van der Waals surface area contributed by atoms with Crippen LogP contribution in [-0.4, -0.2) is 56.7 Å². The minimum absolute atomic E-state index is 0.166. The maximum atomic E-state index is 12.1. The molecule has 1 saturated carbocycles. The summed E-state index contributed by atoms with van der Waals surface area (Å²) in [5.74, 6) is 0. The predicted molar refractivity (Wildman–Crippen MR) is 72.2 cm³/mol. The smallest absolute Gasteiger partial charge is 0.257 e. The number of sulfonamides is 1. The van der Waals surface area contributed by atoms with Gasteiger partial charge in [-0.1, -0.05) is 0 Å². The molecule has 2 rings (SSSR count). The number of H-pyrrole nitrogens is 1. The van der Waals surface area contributed by atoms with Crippen LogP contribution >= 0.6 is 0 Å². The standard InChI is InChI=1S/C11H21N5O2S/c1-16(2)6-5-14-19(17,18)11-9(8-13-15-11)7-12-10-3-4-10/h8,10,12,14H,3-7H2,1-2H3,(H,13,15). The van der Waals surface area contributed by atoms with Gasteiger partial charge in [0.15, 0.2) is 5.03 Å². The van der Waals surface area contributed by atoms with E-state index in [4.69, 9.17) is 0 Å². The predicted octanol–water partition coefficient (Wildman–Crippen LogP) is -0.498. The van der Waals surface area contributed by atoms with Crippen LogP contribution in [0, 0.1) is 0 Å². The van der Waals surface area contributed by atoms with Gasteiger partial charge in [-0.3, -0.25) is 5.10 Å². The minimum Gasteiger partial charge on any atom is -0.310 e. The highest BCUT2D eigenvalue weighted by Crippen LogP contribution is 2.20. The van der Waals surface area contributed by atoms with Gasteiger partial charge in [0.25, 0.3) is 10.0 Å². The molecule has 0 unspecified atom stereocenters. The summed E-state index contributed by atoms with van der Waals surface area (Å²) in [6.07, 6.45) is 3.90. The van der Waals surface area contributed by atoms with Crippen LogP contribution in [0.3, 0.4) is 0 Å². The fourth-order valence-electron chi connectivity index (χ4n) is 1.68. The number of aromatic amines is 1. The molecule has 0 saturated heterocycles. The number of hydrogen-bond donors (Lipinski definition) is 3. The summed E-state index contributed by atoms with van der Waals surface area (Å²) in [6, 6.07) is 0.534. The van der Waals surface area contributed by atoms with E-state index in [1.165, 1.54) is 12.8 Å². The van der Waals surface area contributed by atoms with Crippen molar-refractivity contribution < 1.29 is 8.42 Å². The maximum absolute atomic E-state index is 12.1. The molecule has 1 aromatic heterocycles. The zero-order valence-corrected chi connectivity index (χ0v) is 12.1. The van der Waals surface area contributed by atoms with Gasteiger partial charge in [-0.2, -0.15) is 5.10 Å². The van der Waals surface area contributed by atoms with E-state index in [-0.39, 0.29) is 5.03 Å². The largest absolute Gasteiger partial charge is 0.310 e. The van der Waals surface area contributed by atoms with Crippen LogP contribution in [0.15, 0.2) is 11.2 Å². The molecule has 1 aliphatic rings. The van der Waals surface area contributed by atoms with Crippen molar-refractivity contribution in [3.05, 3.63) is 11.8 Å². The summed E-state index contributed by atoms with van der Waals surface area (Å²) in [7, 11) is 0.291. The molecule has 8 heteroatoms. The fourth-order valence-corrected chi connectivity index (χ4v) is 2.82. The summed E-state index contributed by atoms with van der Waals surface area (Å²) in [5, 5.41) is 9.86. The van der Waals surface area contributed by atoms with E-state index in [1.807, 2.05) is 19.0 Å². The number of rotatable bonds is 8. The van der Waals surface area contributed by atoms with Crippen molar-refractivity contribution in [1.29, 1.82) is 0 Å². The van der Waals surface area contributed by atoms with Crippen molar-refractivity contribution in [3.63, 3.8) is 0 Å². The van der Waals surface area contributed by atoms with Crippen molar-refractivity contribution >= 4 is 10.0 Å². The molecule has 3 N–H and O–H groups in total. The van der Waals surface area contributed by atoms with Crippen molar-refractivity contribution in [2.45, 2.75) is 30.5 Å². The first-order valence-electron chi connectivity index (χ1n) is 6.39. The first-order chi connectivity index (χ1) is 8.99. The fraction of sp³-hybridized carbons (Fsp3) is 0.727. The number of aromatic nitrogens is 2. The summed E-state index contributed by atoms with van der Waals surface area (Å²) >= 11 is 0. The van der Waals surface area contributed by atoms with E-state index in [9.17, 15) is 8.42 Å². The molecule has 1 heterocycles. The molecule has 0 aliphatic heterocycles. The summed E-state index contributed by atoms with van der Waals surface area (Å²) in [4.78, 5) is 1.92. The Hall–Kier alpha value is -0.960. The molecule has 1 fully saturated rings. The van der Waals surface area contributed by atoms with Gasteiger partial charge in [0.05, 0.1) is 6.20 Å². The van der Waals surface area contributed by atoms with Gasteiger partial charge in [0, 0.05) is 31.2 Å². The molecule has 0 atom stereocenters. The minimum atomic E-state index is -3.51. The lowest BCUT2D eigenvalue weighted by atomic mass is 10.3. The van der Waals surface area contributed by atoms with E-state index in [2.05, 4.69) is 20.2 Å². The van der Waals surface area contributed by atoms with Crippen LogP contribution < -0.4 is 10.0 Å². The van der Waals surface area contributed by atoms with Gasteiger partial charge < -0.3 is 10.2 Å². The lowest BCUT2D eigenvalue weighted by Gasteiger charge is -2.11. The van der Waals surface area contributed by atoms with E-state index in [0.717, 1.165) is 0 Å². The molecule has 0 aromatic carbocycles. The SMILES string of the molecule is CN(C)CCNS(=O)(=O)c1[nH]ncc1CNC1CC1. The van der Waals surface area contributed by atoms with E-state index in [1.54, 1.807) is 6.20 Å². The second-order valence-electron chi connectivity index (χ2n) is 5.08. The second-order valence-corrected chi connectivity index (χ2v) is 6.78. The van der Waals surface area contributed by atoms with Crippen LogP contribution in [0.25, 0.3) is 0 Å². The Morgan fingerprint density at radius 1 is 1.47 bits per heavy atom. The van der Waals surface area contributed by atoms with Gasteiger partial charge >= 0.3 is 0 Å². The number of likely N-dealkylation sites (N-methyl/N-ethyl adjacent to an activating group) is 1. The van der Waals surface area contributed by atoms with Gasteiger partial charge in [-0.25, -0.2) is 13.1 Å². The highest BCUT2D eigenvalue weighted by molar-refractivity contribution is 7.89. The Kier molecular flexibility index (Phi) is 4.56. The number of hydrogen-bond acceptors (Lipinski definition) is 5. The Labute approximate surface area is 113 Å². The molecular weight excluding hydrogens is 266 g/mol. The van der Waals surface area contributed by atoms with Crippen LogP contribution in [0.2, 0.25) is 0 Å². The molecule has 0 radical (unpaired) electrons. The Morgan fingerprint density at radius 3 is 2.84 bits per heavy atom. The molecule has 108 valence electrons. The highest BCUT2D eigenvalue weighted by Gasteiger charge is 2.24. The third-order valence-electron chi connectivity index (χ3n) is 2.96. The summed E-state index contributed by atoms with van der Waals surface area (Å²) in [5.41, 5.74) is 0.684.